The standard InChI is InChI=1S/C24H26N6O3/c1-16-6-8-18(9-7-16)24(2)22(32)30(23(33)25-24)15-20(31)28-13-10-17(11-14-28)21-27-26-19-5-3-4-12-29(19)21/h3-9,12,17H,10-11,13-15H2,1-2H3,(H,25,33). The Morgan fingerprint density at radius 3 is 2.55 bits per heavy atom. The predicted molar refractivity (Wildman–Crippen MR) is 120 cm³/mol. The molecule has 33 heavy (non-hydrogen) atoms. The Morgan fingerprint density at radius 1 is 1.09 bits per heavy atom. The van der Waals surface area contributed by atoms with E-state index in [1.807, 2.05) is 60.0 Å². The fourth-order valence-electron chi connectivity index (χ4n) is 4.68. The van der Waals surface area contributed by atoms with Gasteiger partial charge in [-0.25, -0.2) is 4.79 Å². The van der Waals surface area contributed by atoms with E-state index in [9.17, 15) is 14.4 Å². The molecule has 170 valence electrons. The summed E-state index contributed by atoms with van der Waals surface area (Å²) in [4.78, 5) is 41.4. The van der Waals surface area contributed by atoms with Gasteiger partial charge in [-0.2, -0.15) is 0 Å². The number of nitrogens with zero attached hydrogens (tertiary/aromatic N) is 5. The molecule has 0 bridgehead atoms. The van der Waals surface area contributed by atoms with Gasteiger partial charge in [-0.15, -0.1) is 10.2 Å². The lowest BCUT2D eigenvalue weighted by atomic mass is 9.91. The second kappa shape index (κ2) is 7.99. The molecule has 5 rings (SSSR count). The first-order valence-electron chi connectivity index (χ1n) is 11.2. The molecule has 0 radical (unpaired) electrons. The maximum Gasteiger partial charge on any atom is 0.325 e. The van der Waals surface area contributed by atoms with Crippen molar-refractivity contribution in [2.45, 2.75) is 38.1 Å². The van der Waals surface area contributed by atoms with Crippen LogP contribution in [0, 0.1) is 6.92 Å². The fraction of sp³-hybridized carbons (Fsp3) is 0.375. The van der Waals surface area contributed by atoms with E-state index < -0.39 is 17.5 Å². The highest BCUT2D eigenvalue weighted by Gasteiger charge is 2.49. The van der Waals surface area contributed by atoms with E-state index in [4.69, 9.17) is 0 Å². The summed E-state index contributed by atoms with van der Waals surface area (Å²) in [7, 11) is 0. The molecule has 1 atom stereocenters. The Hall–Kier alpha value is -3.75. The molecule has 2 aromatic heterocycles. The topological polar surface area (TPSA) is 99.9 Å². The molecule has 4 amide bonds. The van der Waals surface area contributed by atoms with Crippen LogP contribution in [-0.2, 0) is 15.1 Å². The van der Waals surface area contributed by atoms with Crippen LogP contribution in [0.1, 0.15) is 42.6 Å². The van der Waals surface area contributed by atoms with Crippen LogP contribution in [0.5, 0.6) is 0 Å². The van der Waals surface area contributed by atoms with Crippen molar-refractivity contribution in [3.63, 3.8) is 0 Å². The number of carbonyl (C=O) groups is 3. The minimum atomic E-state index is -1.17. The van der Waals surface area contributed by atoms with E-state index in [1.165, 1.54) is 0 Å². The van der Waals surface area contributed by atoms with Gasteiger partial charge in [0.25, 0.3) is 5.91 Å². The molecule has 0 saturated carbocycles. The molecule has 1 unspecified atom stereocenters. The van der Waals surface area contributed by atoms with Crippen molar-refractivity contribution >= 4 is 23.5 Å². The fourth-order valence-corrected chi connectivity index (χ4v) is 4.68. The normalized spacial score (nSPS) is 21.6. The number of aryl methyl sites for hydroxylation is 1. The SMILES string of the molecule is Cc1ccc(C2(C)NC(=O)N(CC(=O)N3CCC(c4nnc5ccccn45)CC3)C2=O)cc1. The molecule has 2 aliphatic rings. The molecule has 3 aromatic rings. The minimum absolute atomic E-state index is 0.202. The average Bonchev–Trinajstić information content (AvgIpc) is 3.34. The van der Waals surface area contributed by atoms with Gasteiger partial charge in [0.05, 0.1) is 0 Å². The summed E-state index contributed by atoms with van der Waals surface area (Å²) in [6.45, 7) is 4.47. The van der Waals surface area contributed by atoms with Gasteiger partial charge in [0.15, 0.2) is 5.65 Å². The summed E-state index contributed by atoms with van der Waals surface area (Å²) in [6.07, 6.45) is 3.45. The zero-order valence-corrected chi connectivity index (χ0v) is 18.7. The summed E-state index contributed by atoms with van der Waals surface area (Å²) in [5.74, 6) is 0.472. The van der Waals surface area contributed by atoms with Gasteiger partial charge in [-0.3, -0.25) is 18.9 Å². The third-order valence-corrected chi connectivity index (χ3v) is 6.75. The lowest BCUT2D eigenvalue weighted by molar-refractivity contribution is -0.139. The van der Waals surface area contributed by atoms with Crippen LogP contribution >= 0.6 is 0 Å². The number of aromatic nitrogens is 3. The number of urea groups is 1. The van der Waals surface area contributed by atoms with Crippen molar-refractivity contribution < 1.29 is 14.4 Å². The summed E-state index contributed by atoms with van der Waals surface area (Å²) >= 11 is 0. The van der Waals surface area contributed by atoms with Crippen LogP contribution in [-0.4, -0.2) is 61.9 Å². The number of imide groups is 1. The highest BCUT2D eigenvalue weighted by molar-refractivity contribution is 6.09. The van der Waals surface area contributed by atoms with Crippen LogP contribution in [0.2, 0.25) is 0 Å². The predicted octanol–water partition coefficient (Wildman–Crippen LogP) is 2.21. The number of amides is 4. The Kier molecular flexibility index (Phi) is 5.11. The number of rotatable bonds is 4. The van der Waals surface area contributed by atoms with E-state index in [0.717, 1.165) is 34.8 Å². The van der Waals surface area contributed by atoms with Crippen LogP contribution in [0.3, 0.4) is 0 Å². The first-order valence-corrected chi connectivity index (χ1v) is 11.2. The molecule has 2 saturated heterocycles. The number of pyridine rings is 1. The quantitative estimate of drug-likeness (QED) is 0.620. The second-order valence-electron chi connectivity index (χ2n) is 8.95. The number of hydrogen-bond donors (Lipinski definition) is 1. The highest BCUT2D eigenvalue weighted by atomic mass is 16.2. The summed E-state index contributed by atoms with van der Waals surface area (Å²) < 4.78 is 1.99. The smallest absolute Gasteiger partial charge is 0.325 e. The molecule has 1 aromatic carbocycles. The minimum Gasteiger partial charge on any atom is -0.341 e. The van der Waals surface area contributed by atoms with Crippen molar-refractivity contribution in [1.29, 1.82) is 0 Å². The molecule has 2 fully saturated rings. The van der Waals surface area contributed by atoms with Gasteiger partial charge in [0, 0.05) is 25.2 Å². The zero-order chi connectivity index (χ0) is 23.2. The summed E-state index contributed by atoms with van der Waals surface area (Å²) in [5, 5.41) is 11.3. The van der Waals surface area contributed by atoms with Gasteiger partial charge in [0.1, 0.15) is 17.9 Å². The number of carbonyl (C=O) groups excluding carboxylic acids is 3. The lowest BCUT2D eigenvalue weighted by Crippen LogP contribution is -2.46. The molecule has 0 spiro atoms. The van der Waals surface area contributed by atoms with Crippen molar-refractivity contribution in [3.05, 3.63) is 65.6 Å². The number of hydrogen-bond acceptors (Lipinski definition) is 5. The van der Waals surface area contributed by atoms with E-state index in [1.54, 1.807) is 11.8 Å². The molecule has 4 heterocycles. The molecule has 1 N–H and O–H groups in total. The lowest BCUT2D eigenvalue weighted by Gasteiger charge is -2.32. The van der Waals surface area contributed by atoms with Crippen LogP contribution < -0.4 is 5.32 Å². The van der Waals surface area contributed by atoms with Crippen molar-refractivity contribution in [1.82, 2.24) is 29.7 Å². The molecule has 0 aliphatic carbocycles. The number of nitrogens with one attached hydrogen (secondary N) is 1. The first-order chi connectivity index (χ1) is 15.9. The average molecular weight is 447 g/mol. The maximum atomic E-state index is 13.1. The second-order valence-corrected chi connectivity index (χ2v) is 8.95. The van der Waals surface area contributed by atoms with Gasteiger partial charge >= 0.3 is 6.03 Å². The molecule has 9 heteroatoms. The number of fused-ring (bicyclic) bond motifs is 1. The number of piperidine rings is 1. The van der Waals surface area contributed by atoms with Gasteiger partial charge < -0.3 is 10.2 Å². The Balaban J connectivity index is 1.23. The third kappa shape index (κ3) is 3.63. The molecular formula is C24H26N6O3. The van der Waals surface area contributed by atoms with Crippen molar-refractivity contribution in [2.75, 3.05) is 19.6 Å². The monoisotopic (exact) mass is 446 g/mol. The van der Waals surface area contributed by atoms with Crippen LogP contribution in [0.4, 0.5) is 4.79 Å². The third-order valence-electron chi connectivity index (χ3n) is 6.75. The van der Waals surface area contributed by atoms with E-state index in [2.05, 4.69) is 15.5 Å². The van der Waals surface area contributed by atoms with E-state index in [0.29, 0.717) is 18.7 Å². The maximum absolute atomic E-state index is 13.1. The number of benzene rings is 1. The molecule has 2 aliphatic heterocycles. The van der Waals surface area contributed by atoms with Crippen molar-refractivity contribution in [3.8, 4) is 0 Å². The van der Waals surface area contributed by atoms with E-state index >= 15 is 0 Å². The van der Waals surface area contributed by atoms with E-state index in [-0.39, 0.29) is 18.4 Å². The summed E-state index contributed by atoms with van der Waals surface area (Å²) in [5.41, 5.74) is 1.39. The number of likely N-dealkylation sites (tertiary alicyclic amines) is 1. The Labute approximate surface area is 191 Å². The summed E-state index contributed by atoms with van der Waals surface area (Å²) in [6, 6.07) is 12.7. The van der Waals surface area contributed by atoms with Crippen LogP contribution in [0.15, 0.2) is 48.7 Å². The Bertz CT molecular complexity index is 1230. The van der Waals surface area contributed by atoms with Crippen LogP contribution in [0.25, 0.3) is 5.65 Å². The largest absolute Gasteiger partial charge is 0.341 e. The zero-order valence-electron chi connectivity index (χ0n) is 18.7. The highest BCUT2D eigenvalue weighted by Crippen LogP contribution is 2.30. The molecular weight excluding hydrogens is 420 g/mol. The Morgan fingerprint density at radius 2 is 1.82 bits per heavy atom. The van der Waals surface area contributed by atoms with Gasteiger partial charge in [0.2, 0.25) is 5.91 Å². The molecule has 9 nitrogen and oxygen atoms in total. The van der Waals surface area contributed by atoms with Gasteiger partial charge in [-0.1, -0.05) is 35.9 Å². The van der Waals surface area contributed by atoms with Gasteiger partial charge in [-0.05, 0) is 44.4 Å². The van der Waals surface area contributed by atoms with Crippen molar-refractivity contribution in [2.24, 2.45) is 0 Å². The first kappa shape index (κ1) is 21.1.